The van der Waals surface area contributed by atoms with Crippen LogP contribution in [0, 0.1) is 0 Å². The maximum atomic E-state index is 13.0. The van der Waals surface area contributed by atoms with Gasteiger partial charge in [0, 0.05) is 16.8 Å². The van der Waals surface area contributed by atoms with Crippen LogP contribution < -0.4 is 11.0 Å². The molecule has 3 heterocycles. The van der Waals surface area contributed by atoms with Crippen molar-refractivity contribution in [1.82, 2.24) is 39.4 Å². The SMILES string of the molecule is O=C(NCC(F)(F)F)c1ccncc1-n1cnc(Cn2nc(-c3ccc(Cl)cc3)n(C[C@H](O)C(F)(F)F)c2=O)n1. The number of pyridine rings is 1. The van der Waals surface area contributed by atoms with E-state index in [1.54, 1.807) is 5.32 Å². The van der Waals surface area contributed by atoms with Crippen LogP contribution in [0.1, 0.15) is 16.2 Å². The van der Waals surface area contributed by atoms with Gasteiger partial charge in [0.2, 0.25) is 0 Å². The molecule has 11 nitrogen and oxygen atoms in total. The second kappa shape index (κ2) is 11.1. The summed E-state index contributed by atoms with van der Waals surface area (Å²) in [5.74, 6) is -1.34. The molecule has 0 aliphatic heterocycles. The van der Waals surface area contributed by atoms with Gasteiger partial charge in [0.15, 0.2) is 17.8 Å². The first kappa shape index (κ1) is 28.8. The third-order valence-corrected chi connectivity index (χ3v) is 5.58. The van der Waals surface area contributed by atoms with Gasteiger partial charge in [0.1, 0.15) is 19.4 Å². The molecule has 4 rings (SSSR count). The first-order valence-electron chi connectivity index (χ1n) is 11.1. The standard InChI is InChI=1S/C22H17ClF6N8O3/c23-13-3-1-12(2-4-13)18-34-36(20(40)35(18)8-16(38)22(27,28)29)9-17-32-11-37(33-17)15-7-30-6-5-14(15)19(39)31-10-21(24,25)26/h1-7,11,16,38H,8-10H2,(H,31,39)/t16-/m0/s1. The number of benzene rings is 1. The molecule has 0 saturated heterocycles. The summed E-state index contributed by atoms with van der Waals surface area (Å²) in [6.45, 7) is -3.16. The second-order valence-corrected chi connectivity index (χ2v) is 8.67. The van der Waals surface area contributed by atoms with Crippen molar-refractivity contribution >= 4 is 17.5 Å². The van der Waals surface area contributed by atoms with Gasteiger partial charge in [-0.2, -0.15) is 26.3 Å². The number of carbonyl (C=O) groups excluding carboxylic acids is 1. The molecular weight excluding hydrogens is 574 g/mol. The number of nitrogens with zero attached hydrogens (tertiary/aromatic N) is 7. The second-order valence-electron chi connectivity index (χ2n) is 8.23. The molecule has 1 atom stereocenters. The maximum Gasteiger partial charge on any atom is 0.416 e. The minimum atomic E-state index is -5.01. The van der Waals surface area contributed by atoms with Crippen LogP contribution in [-0.2, 0) is 13.1 Å². The number of hydrogen-bond donors (Lipinski definition) is 2. The van der Waals surface area contributed by atoms with Crippen molar-refractivity contribution in [2.24, 2.45) is 0 Å². The summed E-state index contributed by atoms with van der Waals surface area (Å²) < 4.78 is 79.1. The molecule has 0 radical (unpaired) electrons. The molecule has 40 heavy (non-hydrogen) atoms. The highest BCUT2D eigenvalue weighted by Crippen LogP contribution is 2.24. The first-order valence-corrected chi connectivity index (χ1v) is 11.5. The van der Waals surface area contributed by atoms with Crippen molar-refractivity contribution in [2.75, 3.05) is 6.54 Å². The molecule has 0 unspecified atom stereocenters. The topological polar surface area (TPSA) is 133 Å². The number of amides is 1. The Bertz CT molecular complexity index is 1560. The molecule has 0 saturated carbocycles. The number of aliphatic hydroxyl groups excluding tert-OH is 1. The van der Waals surface area contributed by atoms with Crippen molar-refractivity contribution in [2.45, 2.75) is 31.5 Å². The lowest BCUT2D eigenvalue weighted by molar-refractivity contribution is -0.207. The number of hydrogen-bond acceptors (Lipinski definition) is 7. The van der Waals surface area contributed by atoms with Crippen LogP contribution in [0.3, 0.4) is 0 Å². The summed E-state index contributed by atoms with van der Waals surface area (Å²) in [5, 5.41) is 19.8. The van der Waals surface area contributed by atoms with Crippen LogP contribution in [0.5, 0.6) is 0 Å². The zero-order valence-corrected chi connectivity index (χ0v) is 20.6. The molecule has 3 aromatic heterocycles. The monoisotopic (exact) mass is 590 g/mol. The third-order valence-electron chi connectivity index (χ3n) is 5.33. The Balaban J connectivity index is 1.65. The molecule has 212 valence electrons. The highest BCUT2D eigenvalue weighted by Gasteiger charge is 2.39. The molecule has 1 aromatic carbocycles. The normalized spacial score (nSPS) is 12.9. The van der Waals surface area contributed by atoms with Crippen LogP contribution in [0.4, 0.5) is 26.3 Å². The Morgan fingerprint density at radius 1 is 1.07 bits per heavy atom. The lowest BCUT2D eigenvalue weighted by atomic mass is 10.2. The van der Waals surface area contributed by atoms with E-state index in [1.807, 2.05) is 0 Å². The maximum absolute atomic E-state index is 13.0. The van der Waals surface area contributed by atoms with Crippen LogP contribution in [-0.4, -0.2) is 70.1 Å². The van der Waals surface area contributed by atoms with Crippen LogP contribution in [0.25, 0.3) is 17.1 Å². The molecule has 0 aliphatic carbocycles. The van der Waals surface area contributed by atoms with E-state index in [4.69, 9.17) is 11.6 Å². The van der Waals surface area contributed by atoms with E-state index in [9.17, 15) is 41.0 Å². The Morgan fingerprint density at radius 2 is 1.77 bits per heavy atom. The van der Waals surface area contributed by atoms with Crippen molar-refractivity contribution in [1.29, 1.82) is 0 Å². The van der Waals surface area contributed by atoms with E-state index in [0.717, 1.165) is 21.9 Å². The number of carbonyl (C=O) groups is 1. The van der Waals surface area contributed by atoms with Crippen molar-refractivity contribution in [3.63, 3.8) is 0 Å². The minimum Gasteiger partial charge on any atom is -0.382 e. The van der Waals surface area contributed by atoms with E-state index in [0.29, 0.717) is 9.59 Å². The van der Waals surface area contributed by atoms with E-state index in [-0.39, 0.29) is 28.5 Å². The highest BCUT2D eigenvalue weighted by molar-refractivity contribution is 6.30. The summed E-state index contributed by atoms with van der Waals surface area (Å²) in [5.41, 5.74) is -1.02. The van der Waals surface area contributed by atoms with Gasteiger partial charge in [0.25, 0.3) is 5.91 Å². The summed E-state index contributed by atoms with van der Waals surface area (Å²) >= 11 is 5.87. The number of aliphatic hydroxyl groups is 1. The average molecular weight is 591 g/mol. The summed E-state index contributed by atoms with van der Waals surface area (Å²) in [7, 11) is 0. The van der Waals surface area contributed by atoms with E-state index in [2.05, 4.69) is 20.2 Å². The zero-order valence-electron chi connectivity index (χ0n) is 19.9. The van der Waals surface area contributed by atoms with E-state index in [1.165, 1.54) is 36.5 Å². The van der Waals surface area contributed by atoms with E-state index < -0.39 is 49.7 Å². The fourth-order valence-electron chi connectivity index (χ4n) is 3.45. The van der Waals surface area contributed by atoms with Crippen molar-refractivity contribution < 1.29 is 36.2 Å². The molecule has 0 aliphatic rings. The first-order chi connectivity index (χ1) is 18.7. The molecule has 18 heteroatoms. The number of alkyl halides is 6. The molecule has 2 N–H and O–H groups in total. The van der Waals surface area contributed by atoms with Gasteiger partial charge in [0.05, 0.1) is 24.0 Å². The zero-order chi connectivity index (χ0) is 29.2. The predicted molar refractivity (Wildman–Crippen MR) is 126 cm³/mol. The number of nitrogens with one attached hydrogen (secondary N) is 1. The fourth-order valence-corrected chi connectivity index (χ4v) is 3.58. The van der Waals surface area contributed by atoms with Gasteiger partial charge in [-0.05, 0) is 30.3 Å². The fraction of sp³-hybridized carbons (Fsp3) is 0.273. The van der Waals surface area contributed by atoms with Gasteiger partial charge in [-0.1, -0.05) is 11.6 Å². The smallest absolute Gasteiger partial charge is 0.382 e. The van der Waals surface area contributed by atoms with Gasteiger partial charge >= 0.3 is 18.0 Å². The summed E-state index contributed by atoms with van der Waals surface area (Å²) in [6, 6.07) is 6.88. The van der Waals surface area contributed by atoms with Crippen LogP contribution in [0.2, 0.25) is 5.02 Å². The highest BCUT2D eigenvalue weighted by atomic mass is 35.5. The summed E-state index contributed by atoms with van der Waals surface area (Å²) in [4.78, 5) is 33.2. The largest absolute Gasteiger partial charge is 0.416 e. The predicted octanol–water partition coefficient (Wildman–Crippen LogP) is 2.60. The Labute approximate surface area is 224 Å². The van der Waals surface area contributed by atoms with Gasteiger partial charge < -0.3 is 10.4 Å². The Hall–Kier alpha value is -4.25. The van der Waals surface area contributed by atoms with Gasteiger partial charge in [-0.15, -0.1) is 10.2 Å². The average Bonchev–Trinajstić information content (AvgIpc) is 3.47. The van der Waals surface area contributed by atoms with Crippen molar-refractivity contribution in [3.05, 3.63) is 75.9 Å². The summed E-state index contributed by atoms with van der Waals surface area (Å²) in [6.07, 6.45) is -9.07. The van der Waals surface area contributed by atoms with Gasteiger partial charge in [-0.3, -0.25) is 14.3 Å². The minimum absolute atomic E-state index is 0.0334. The van der Waals surface area contributed by atoms with E-state index >= 15 is 0 Å². The van der Waals surface area contributed by atoms with Crippen molar-refractivity contribution in [3.8, 4) is 17.1 Å². The number of halogens is 7. The Kier molecular flexibility index (Phi) is 7.97. The lowest BCUT2D eigenvalue weighted by Crippen LogP contribution is -2.37. The van der Waals surface area contributed by atoms with Crippen LogP contribution >= 0.6 is 11.6 Å². The molecule has 0 spiro atoms. The molecular formula is C22H17ClF6N8O3. The lowest BCUT2D eigenvalue weighted by Gasteiger charge is -2.15. The molecule has 0 bridgehead atoms. The number of rotatable bonds is 8. The Morgan fingerprint density at radius 3 is 2.42 bits per heavy atom. The van der Waals surface area contributed by atoms with Crippen LogP contribution in [0.15, 0.2) is 53.8 Å². The molecule has 0 fully saturated rings. The third kappa shape index (κ3) is 6.66. The van der Waals surface area contributed by atoms with Gasteiger partial charge in [-0.25, -0.2) is 19.1 Å². The quantitative estimate of drug-likeness (QED) is 0.302. The molecule has 1 amide bonds. The number of aromatic nitrogens is 7. The molecule has 4 aromatic rings.